The van der Waals surface area contributed by atoms with Gasteiger partial charge < -0.3 is 0 Å². The van der Waals surface area contributed by atoms with Gasteiger partial charge in [0.25, 0.3) is 5.95 Å². The van der Waals surface area contributed by atoms with Crippen LogP contribution in [0, 0.1) is 5.41 Å². The molecule has 2 heterocycles. The number of H-pyrrole nitrogens is 1. The maximum Gasteiger partial charge on any atom is 0.276 e. The van der Waals surface area contributed by atoms with Crippen molar-refractivity contribution in [1.29, 1.82) is 5.41 Å². The Morgan fingerprint density at radius 2 is 2.12 bits per heavy atom. The molecule has 0 saturated heterocycles. The van der Waals surface area contributed by atoms with E-state index in [4.69, 9.17) is 5.41 Å². The number of hydrogen-bond acceptors (Lipinski definition) is 5. The summed E-state index contributed by atoms with van der Waals surface area (Å²) in [6, 6.07) is 7.44. The third-order valence-corrected chi connectivity index (χ3v) is 2.26. The van der Waals surface area contributed by atoms with Crippen LogP contribution in [-0.2, 0) is 0 Å². The Balaban J connectivity index is 2.37. The number of fused-ring (bicyclic) bond motifs is 1. The molecule has 1 aromatic carbocycles. The van der Waals surface area contributed by atoms with Crippen LogP contribution in [-0.4, -0.2) is 30.2 Å². The SMILES string of the molecule is N=c1c2ccccc2ncn1-c1nn[nH]n1. The first-order valence-corrected chi connectivity index (χ1v) is 4.61. The van der Waals surface area contributed by atoms with E-state index in [9.17, 15) is 0 Å². The smallest absolute Gasteiger partial charge is 0.276 e. The number of rotatable bonds is 1. The number of para-hydroxylation sites is 1. The predicted octanol–water partition coefficient (Wildman–Crippen LogP) is 0.0181. The minimum absolute atomic E-state index is 0.284. The molecule has 0 aliphatic rings. The van der Waals surface area contributed by atoms with Crippen LogP contribution in [0.2, 0.25) is 0 Å². The van der Waals surface area contributed by atoms with E-state index in [-0.39, 0.29) is 5.49 Å². The molecule has 7 heteroatoms. The molecule has 0 bridgehead atoms. The van der Waals surface area contributed by atoms with Gasteiger partial charge in [0.2, 0.25) is 0 Å². The number of nitrogens with zero attached hydrogens (tertiary/aromatic N) is 5. The molecule has 0 aliphatic heterocycles. The van der Waals surface area contributed by atoms with Crippen molar-refractivity contribution in [2.75, 3.05) is 0 Å². The van der Waals surface area contributed by atoms with Crippen molar-refractivity contribution in [3.8, 4) is 5.95 Å². The second-order valence-electron chi connectivity index (χ2n) is 3.19. The standard InChI is InChI=1S/C9H7N7/c10-8-6-3-1-2-4-7(6)11-5-16(8)9-12-14-15-13-9/h1-5,10H,(H,12,13,14,15). The van der Waals surface area contributed by atoms with Gasteiger partial charge in [0.15, 0.2) is 0 Å². The highest BCUT2D eigenvalue weighted by atomic mass is 15.5. The van der Waals surface area contributed by atoms with Crippen LogP contribution < -0.4 is 5.49 Å². The molecule has 0 amide bonds. The van der Waals surface area contributed by atoms with Crippen LogP contribution in [0.1, 0.15) is 0 Å². The third-order valence-electron chi connectivity index (χ3n) is 2.26. The Morgan fingerprint density at radius 1 is 1.25 bits per heavy atom. The number of nitrogens with one attached hydrogen (secondary N) is 2. The van der Waals surface area contributed by atoms with Gasteiger partial charge in [0.05, 0.1) is 5.52 Å². The fourth-order valence-electron chi connectivity index (χ4n) is 1.50. The Labute approximate surface area is 89.3 Å². The molecule has 0 atom stereocenters. The predicted molar refractivity (Wildman–Crippen MR) is 54.7 cm³/mol. The van der Waals surface area contributed by atoms with Gasteiger partial charge in [0.1, 0.15) is 11.8 Å². The lowest BCUT2D eigenvalue weighted by Crippen LogP contribution is -2.20. The Bertz CT molecular complexity index is 682. The van der Waals surface area contributed by atoms with E-state index in [0.717, 1.165) is 10.9 Å². The number of hydrogen-bond donors (Lipinski definition) is 2. The molecule has 78 valence electrons. The summed E-state index contributed by atoms with van der Waals surface area (Å²) in [6.07, 6.45) is 1.51. The highest BCUT2D eigenvalue weighted by Gasteiger charge is 2.05. The lowest BCUT2D eigenvalue weighted by Gasteiger charge is -2.02. The average molecular weight is 213 g/mol. The van der Waals surface area contributed by atoms with E-state index in [1.165, 1.54) is 10.9 Å². The Morgan fingerprint density at radius 3 is 2.94 bits per heavy atom. The van der Waals surface area contributed by atoms with E-state index < -0.39 is 0 Å². The summed E-state index contributed by atoms with van der Waals surface area (Å²) in [7, 11) is 0. The first-order chi connectivity index (χ1) is 7.86. The van der Waals surface area contributed by atoms with Crippen molar-refractivity contribution in [3.05, 3.63) is 36.1 Å². The second-order valence-corrected chi connectivity index (χ2v) is 3.19. The largest absolute Gasteiger partial charge is 0.283 e. The molecule has 2 N–H and O–H groups in total. The van der Waals surface area contributed by atoms with Crippen molar-refractivity contribution < 1.29 is 0 Å². The molecular weight excluding hydrogens is 206 g/mol. The number of benzene rings is 1. The van der Waals surface area contributed by atoms with Gasteiger partial charge in [-0.25, -0.2) is 9.55 Å². The molecule has 0 unspecified atom stereocenters. The molecule has 2 aromatic heterocycles. The van der Waals surface area contributed by atoms with Gasteiger partial charge in [-0.2, -0.15) is 5.21 Å². The van der Waals surface area contributed by atoms with Gasteiger partial charge in [0, 0.05) is 5.39 Å². The summed E-state index contributed by atoms with van der Waals surface area (Å²) >= 11 is 0. The summed E-state index contributed by atoms with van der Waals surface area (Å²) in [5.74, 6) is 0.309. The van der Waals surface area contributed by atoms with Crippen molar-refractivity contribution in [2.24, 2.45) is 0 Å². The van der Waals surface area contributed by atoms with Crippen molar-refractivity contribution in [3.63, 3.8) is 0 Å². The summed E-state index contributed by atoms with van der Waals surface area (Å²) in [5, 5.41) is 22.2. The van der Waals surface area contributed by atoms with E-state index >= 15 is 0 Å². The van der Waals surface area contributed by atoms with Crippen LogP contribution in [0.25, 0.3) is 16.9 Å². The van der Waals surface area contributed by atoms with Gasteiger partial charge in [-0.1, -0.05) is 17.2 Å². The fourth-order valence-corrected chi connectivity index (χ4v) is 1.50. The molecule has 7 nitrogen and oxygen atoms in total. The summed E-state index contributed by atoms with van der Waals surface area (Å²) in [5.41, 5.74) is 1.05. The topological polar surface area (TPSA) is 96.1 Å². The zero-order chi connectivity index (χ0) is 11.0. The zero-order valence-corrected chi connectivity index (χ0v) is 8.12. The Kier molecular flexibility index (Phi) is 1.76. The molecule has 0 saturated carbocycles. The van der Waals surface area contributed by atoms with Crippen LogP contribution in [0.3, 0.4) is 0 Å². The van der Waals surface area contributed by atoms with Crippen LogP contribution in [0.15, 0.2) is 30.6 Å². The average Bonchev–Trinajstić information content (AvgIpc) is 2.83. The third kappa shape index (κ3) is 1.18. The monoisotopic (exact) mass is 213 g/mol. The Hall–Kier alpha value is -2.57. The van der Waals surface area contributed by atoms with Crippen LogP contribution in [0.4, 0.5) is 0 Å². The van der Waals surface area contributed by atoms with E-state index in [2.05, 4.69) is 25.6 Å². The second kappa shape index (κ2) is 3.23. The first kappa shape index (κ1) is 8.72. The maximum absolute atomic E-state index is 8.02. The highest BCUT2D eigenvalue weighted by Crippen LogP contribution is 2.05. The maximum atomic E-state index is 8.02. The van der Waals surface area contributed by atoms with Crippen LogP contribution >= 0.6 is 0 Å². The minimum Gasteiger partial charge on any atom is -0.283 e. The van der Waals surface area contributed by atoms with Gasteiger partial charge >= 0.3 is 0 Å². The van der Waals surface area contributed by atoms with E-state index in [0.29, 0.717) is 5.95 Å². The molecule has 3 rings (SSSR count). The normalized spacial score (nSPS) is 10.8. The molecule has 0 spiro atoms. The minimum atomic E-state index is 0.284. The van der Waals surface area contributed by atoms with Gasteiger partial charge in [-0.3, -0.25) is 5.41 Å². The van der Waals surface area contributed by atoms with Gasteiger partial charge in [-0.05, 0) is 17.3 Å². The zero-order valence-electron chi connectivity index (χ0n) is 8.12. The van der Waals surface area contributed by atoms with E-state index in [1.807, 2.05) is 24.3 Å². The number of aromatic amines is 1. The number of tetrazole rings is 1. The lowest BCUT2D eigenvalue weighted by molar-refractivity contribution is 0.843. The summed E-state index contributed by atoms with van der Waals surface area (Å²) < 4.78 is 1.46. The van der Waals surface area contributed by atoms with Gasteiger partial charge in [-0.15, -0.1) is 5.10 Å². The van der Waals surface area contributed by atoms with Crippen molar-refractivity contribution in [1.82, 2.24) is 30.2 Å². The summed E-state index contributed by atoms with van der Waals surface area (Å²) in [4.78, 5) is 4.22. The first-order valence-electron chi connectivity index (χ1n) is 4.61. The molecular formula is C9H7N7. The quantitative estimate of drug-likeness (QED) is 0.595. The molecule has 0 radical (unpaired) electrons. The molecule has 0 fully saturated rings. The summed E-state index contributed by atoms with van der Waals surface area (Å²) in [6.45, 7) is 0. The fraction of sp³-hybridized carbons (Fsp3) is 0. The van der Waals surface area contributed by atoms with Crippen molar-refractivity contribution >= 4 is 10.9 Å². The van der Waals surface area contributed by atoms with E-state index in [1.54, 1.807) is 0 Å². The molecule has 16 heavy (non-hydrogen) atoms. The number of aromatic nitrogens is 6. The molecule has 0 aliphatic carbocycles. The van der Waals surface area contributed by atoms with Crippen molar-refractivity contribution in [2.45, 2.75) is 0 Å². The van der Waals surface area contributed by atoms with Crippen LogP contribution in [0.5, 0.6) is 0 Å². The molecule has 3 aromatic rings. The lowest BCUT2D eigenvalue weighted by atomic mass is 10.2. The highest BCUT2D eigenvalue weighted by molar-refractivity contribution is 5.76.